The van der Waals surface area contributed by atoms with E-state index in [1.54, 1.807) is 0 Å². The summed E-state index contributed by atoms with van der Waals surface area (Å²) in [4.78, 5) is 0. The second-order valence-electron chi connectivity index (χ2n) is 3.40. The average Bonchev–Trinajstić information content (AvgIpc) is 1.96. The first-order valence-electron chi connectivity index (χ1n) is 3.90. The minimum absolute atomic E-state index is 0.141. The van der Waals surface area contributed by atoms with E-state index in [1.165, 1.54) is 0 Å². The first-order valence-corrected chi connectivity index (χ1v) is 3.90. The van der Waals surface area contributed by atoms with Gasteiger partial charge in [0.15, 0.2) is 0 Å². The molecule has 12 heavy (non-hydrogen) atoms. The van der Waals surface area contributed by atoms with E-state index in [9.17, 15) is 13.9 Å². The Morgan fingerprint density at radius 2 is 1.58 bits per heavy atom. The van der Waals surface area contributed by atoms with Gasteiger partial charge in [-0.25, -0.2) is 8.78 Å². The molecule has 0 aromatic rings. The van der Waals surface area contributed by atoms with Crippen LogP contribution in [0.25, 0.3) is 0 Å². The lowest BCUT2D eigenvalue weighted by molar-refractivity contribution is -0.146. The van der Waals surface area contributed by atoms with Crippen molar-refractivity contribution in [3.05, 3.63) is 0 Å². The van der Waals surface area contributed by atoms with Gasteiger partial charge in [-0.1, -0.05) is 0 Å². The fourth-order valence-electron chi connectivity index (χ4n) is 1.34. The molecule has 0 bridgehead atoms. The summed E-state index contributed by atoms with van der Waals surface area (Å²) < 4.78 is 25.2. The summed E-state index contributed by atoms with van der Waals surface area (Å²) in [7, 11) is 0. The van der Waals surface area contributed by atoms with Crippen molar-refractivity contribution in [1.29, 1.82) is 0 Å². The molecule has 0 spiro atoms. The van der Waals surface area contributed by atoms with Gasteiger partial charge in [-0.15, -0.1) is 0 Å². The maximum Gasteiger partial charge on any atom is 0.248 e. The molecule has 1 rings (SSSR count). The number of alkyl halides is 2. The minimum atomic E-state index is -2.71. The van der Waals surface area contributed by atoms with Crippen LogP contribution in [0.5, 0.6) is 0 Å². The highest BCUT2D eigenvalue weighted by atomic mass is 19.3. The highest BCUT2D eigenvalue weighted by Crippen LogP contribution is 2.38. The first-order chi connectivity index (χ1) is 5.36. The van der Waals surface area contributed by atoms with E-state index in [4.69, 9.17) is 10.8 Å². The molecule has 0 amide bonds. The van der Waals surface area contributed by atoms with E-state index in [1.807, 2.05) is 0 Å². The number of aliphatic hydroxyl groups is 2. The van der Waals surface area contributed by atoms with E-state index < -0.39 is 30.6 Å². The van der Waals surface area contributed by atoms with E-state index >= 15 is 0 Å². The van der Waals surface area contributed by atoms with Crippen molar-refractivity contribution in [2.75, 3.05) is 0 Å². The second-order valence-corrected chi connectivity index (χ2v) is 3.40. The molecule has 72 valence electrons. The van der Waals surface area contributed by atoms with Crippen LogP contribution in [0, 0.1) is 0 Å². The zero-order chi connectivity index (χ0) is 9.41. The van der Waals surface area contributed by atoms with Crippen molar-refractivity contribution in [3.63, 3.8) is 0 Å². The lowest BCUT2D eigenvalue weighted by Gasteiger charge is -2.37. The van der Waals surface area contributed by atoms with E-state index in [-0.39, 0.29) is 12.8 Å². The Morgan fingerprint density at radius 1 is 1.17 bits per heavy atom. The van der Waals surface area contributed by atoms with E-state index in [0.29, 0.717) is 0 Å². The molecule has 1 saturated carbocycles. The molecule has 5 heteroatoms. The minimum Gasteiger partial charge on any atom is -0.386 e. The van der Waals surface area contributed by atoms with Crippen LogP contribution in [0.15, 0.2) is 0 Å². The molecular weight excluding hydrogens is 168 g/mol. The molecule has 4 N–H and O–H groups in total. The van der Waals surface area contributed by atoms with Crippen LogP contribution < -0.4 is 5.73 Å². The van der Waals surface area contributed by atoms with Crippen LogP contribution in [0.4, 0.5) is 8.78 Å². The van der Waals surface area contributed by atoms with E-state index in [0.717, 1.165) is 0 Å². The molecule has 0 aliphatic heterocycles. The van der Waals surface area contributed by atoms with Crippen LogP contribution in [0.2, 0.25) is 0 Å². The Hall–Kier alpha value is -0.260. The Bertz CT molecular complexity index is 163. The van der Waals surface area contributed by atoms with Crippen LogP contribution in [-0.4, -0.2) is 28.0 Å². The molecule has 1 fully saturated rings. The summed E-state index contributed by atoms with van der Waals surface area (Å²) in [5.74, 6) is -2.71. The standard InChI is InChI=1S/C7H13F2NO2/c8-7(9)3-1-6(12,2-4-7)5(10)11/h5,11-12H,1-4,10H2. The normalized spacial score (nSPS) is 29.8. The highest BCUT2D eigenvalue weighted by molar-refractivity contribution is 4.91. The van der Waals surface area contributed by atoms with E-state index in [2.05, 4.69) is 0 Å². The van der Waals surface area contributed by atoms with Crippen LogP contribution >= 0.6 is 0 Å². The zero-order valence-corrected chi connectivity index (χ0v) is 6.63. The van der Waals surface area contributed by atoms with Gasteiger partial charge in [-0.2, -0.15) is 0 Å². The maximum absolute atomic E-state index is 12.6. The fraction of sp³-hybridized carbons (Fsp3) is 1.00. The first kappa shape index (κ1) is 9.83. The van der Waals surface area contributed by atoms with Crippen molar-refractivity contribution in [2.45, 2.75) is 43.4 Å². The summed E-state index contributed by atoms with van der Waals surface area (Å²) in [6.45, 7) is 0. The van der Waals surface area contributed by atoms with Gasteiger partial charge in [0.25, 0.3) is 0 Å². The van der Waals surface area contributed by atoms with Gasteiger partial charge < -0.3 is 15.9 Å². The molecule has 1 unspecified atom stereocenters. The molecule has 1 aliphatic carbocycles. The van der Waals surface area contributed by atoms with Gasteiger partial charge in [-0.05, 0) is 12.8 Å². The smallest absolute Gasteiger partial charge is 0.248 e. The van der Waals surface area contributed by atoms with Gasteiger partial charge in [0, 0.05) is 12.8 Å². The largest absolute Gasteiger partial charge is 0.386 e. The quantitative estimate of drug-likeness (QED) is 0.506. The number of nitrogens with two attached hydrogens (primary N) is 1. The molecule has 0 heterocycles. The van der Waals surface area contributed by atoms with Crippen molar-refractivity contribution in [1.82, 2.24) is 0 Å². The van der Waals surface area contributed by atoms with Crippen molar-refractivity contribution >= 4 is 0 Å². The SMILES string of the molecule is NC(O)C1(O)CCC(F)(F)CC1. The lowest BCUT2D eigenvalue weighted by Crippen LogP contribution is -2.51. The fourth-order valence-corrected chi connectivity index (χ4v) is 1.34. The molecule has 3 nitrogen and oxygen atoms in total. The molecular formula is C7H13F2NO2. The van der Waals surface area contributed by atoms with Crippen molar-refractivity contribution in [3.8, 4) is 0 Å². The third-order valence-corrected chi connectivity index (χ3v) is 2.40. The van der Waals surface area contributed by atoms with Crippen LogP contribution in [0.3, 0.4) is 0 Å². The molecule has 1 atom stereocenters. The molecule has 0 radical (unpaired) electrons. The van der Waals surface area contributed by atoms with Crippen molar-refractivity contribution < 1.29 is 19.0 Å². The summed E-state index contributed by atoms with van der Waals surface area (Å²) in [5, 5.41) is 18.4. The Balaban J connectivity index is 2.55. The molecule has 0 saturated heterocycles. The second kappa shape index (κ2) is 2.90. The summed E-state index contributed by atoms with van der Waals surface area (Å²) >= 11 is 0. The number of hydrogen-bond donors (Lipinski definition) is 3. The van der Waals surface area contributed by atoms with Gasteiger partial charge in [0.1, 0.15) is 11.8 Å². The summed E-state index contributed by atoms with van der Waals surface area (Å²) in [6.07, 6.45) is -2.52. The third kappa shape index (κ3) is 1.91. The predicted octanol–water partition coefficient (Wildman–Crippen LogP) is 0.204. The van der Waals surface area contributed by atoms with Crippen LogP contribution in [0.1, 0.15) is 25.7 Å². The maximum atomic E-state index is 12.6. The van der Waals surface area contributed by atoms with Gasteiger partial charge in [0.05, 0.1) is 0 Å². The average molecular weight is 181 g/mol. The Kier molecular flexibility index (Phi) is 2.38. The van der Waals surface area contributed by atoms with Crippen molar-refractivity contribution in [2.24, 2.45) is 5.73 Å². The Labute approximate surface area is 69.2 Å². The summed E-state index contributed by atoms with van der Waals surface area (Å²) in [6, 6.07) is 0. The number of hydrogen-bond acceptors (Lipinski definition) is 3. The summed E-state index contributed by atoms with van der Waals surface area (Å²) in [5.41, 5.74) is 3.54. The molecule has 0 aromatic heterocycles. The molecule has 1 aliphatic rings. The third-order valence-electron chi connectivity index (χ3n) is 2.40. The lowest BCUT2D eigenvalue weighted by atomic mass is 9.82. The van der Waals surface area contributed by atoms with Crippen LogP contribution in [-0.2, 0) is 0 Å². The zero-order valence-electron chi connectivity index (χ0n) is 6.63. The number of aliphatic hydroxyl groups excluding tert-OH is 1. The van der Waals surface area contributed by atoms with Gasteiger partial charge in [0.2, 0.25) is 5.92 Å². The monoisotopic (exact) mass is 181 g/mol. The number of halogens is 2. The topological polar surface area (TPSA) is 66.5 Å². The highest BCUT2D eigenvalue weighted by Gasteiger charge is 2.44. The number of rotatable bonds is 1. The predicted molar refractivity (Wildman–Crippen MR) is 38.6 cm³/mol. The Morgan fingerprint density at radius 3 is 1.92 bits per heavy atom. The molecule has 0 aromatic carbocycles. The van der Waals surface area contributed by atoms with Gasteiger partial charge in [-0.3, -0.25) is 0 Å². The van der Waals surface area contributed by atoms with Gasteiger partial charge >= 0.3 is 0 Å².